The third-order valence-corrected chi connectivity index (χ3v) is 5.57. The molecule has 31 heavy (non-hydrogen) atoms. The SMILES string of the molecule is BN(C)[C@H]1CCN(c2ccc(NC(=O)c3nn(-c4ccc(Cl)cn4)cc3CO)cn2)C1. The van der Waals surface area contributed by atoms with Crippen LogP contribution in [-0.2, 0) is 6.61 Å². The first-order chi connectivity index (χ1) is 14.9. The third-order valence-electron chi connectivity index (χ3n) is 5.35. The minimum Gasteiger partial charge on any atom is -0.392 e. The van der Waals surface area contributed by atoms with Crippen LogP contribution in [-0.4, -0.2) is 69.7 Å². The second-order valence-corrected chi connectivity index (χ2v) is 8.09. The molecule has 160 valence electrons. The summed E-state index contributed by atoms with van der Waals surface area (Å²) in [5.41, 5.74) is 1.07. The summed E-state index contributed by atoms with van der Waals surface area (Å²) in [5, 5.41) is 17.2. The first kappa shape index (κ1) is 21.3. The molecule has 2 N–H and O–H groups in total. The van der Waals surface area contributed by atoms with Crippen molar-refractivity contribution in [3.63, 3.8) is 0 Å². The van der Waals surface area contributed by atoms with Gasteiger partial charge in [0.25, 0.3) is 5.91 Å². The van der Waals surface area contributed by atoms with Crippen molar-refractivity contribution < 1.29 is 9.90 Å². The first-order valence-electron chi connectivity index (χ1n) is 9.94. The summed E-state index contributed by atoms with van der Waals surface area (Å²) in [6.07, 6.45) is 5.79. The van der Waals surface area contributed by atoms with Crippen molar-refractivity contribution in [1.29, 1.82) is 0 Å². The van der Waals surface area contributed by atoms with Crippen molar-refractivity contribution in [3.05, 3.63) is 59.1 Å². The van der Waals surface area contributed by atoms with Crippen LogP contribution in [0.15, 0.2) is 42.9 Å². The molecule has 1 fully saturated rings. The molecule has 4 heterocycles. The maximum atomic E-state index is 12.8. The molecule has 0 saturated carbocycles. The third kappa shape index (κ3) is 4.71. The Balaban J connectivity index is 1.46. The van der Waals surface area contributed by atoms with Crippen LogP contribution in [0.1, 0.15) is 22.5 Å². The number of hydrogen-bond donors (Lipinski definition) is 2. The standard InChI is InChI=1S/C20H23BClN7O2/c1-27(21)16-6-7-28(11-16)17-5-3-15(9-24-17)25-20(31)19-13(12-30)10-29(26-19)18-4-2-14(22)8-23-18/h2-5,8-10,16,30H,6-7,11-12,21H2,1H3,(H,25,31)/t16-/m0/s1. The van der Waals surface area contributed by atoms with Crippen molar-refractivity contribution in [3.8, 4) is 5.82 Å². The molecule has 0 unspecified atom stereocenters. The van der Waals surface area contributed by atoms with E-state index < -0.39 is 5.91 Å². The lowest BCUT2D eigenvalue weighted by molar-refractivity contribution is 0.101. The molecule has 1 amide bonds. The van der Waals surface area contributed by atoms with Gasteiger partial charge in [0.05, 0.1) is 23.5 Å². The van der Waals surface area contributed by atoms with Crippen molar-refractivity contribution in [2.45, 2.75) is 19.1 Å². The Labute approximate surface area is 186 Å². The number of hydrogen-bond acceptors (Lipinski definition) is 7. The Morgan fingerprint density at radius 2 is 2.06 bits per heavy atom. The van der Waals surface area contributed by atoms with Crippen LogP contribution in [0, 0.1) is 0 Å². The summed E-state index contributed by atoms with van der Waals surface area (Å²) >= 11 is 5.87. The topological polar surface area (TPSA) is 99.4 Å². The molecule has 0 spiro atoms. The number of likely N-dealkylation sites (N-methyl/N-ethyl adjacent to an activating group) is 1. The highest BCUT2D eigenvalue weighted by molar-refractivity contribution is 6.30. The van der Waals surface area contributed by atoms with Crippen molar-refractivity contribution in [2.24, 2.45) is 0 Å². The molecule has 4 rings (SSSR count). The van der Waals surface area contributed by atoms with Crippen LogP contribution in [0.5, 0.6) is 0 Å². The van der Waals surface area contributed by atoms with Crippen molar-refractivity contribution >= 4 is 37.0 Å². The van der Waals surface area contributed by atoms with E-state index in [-0.39, 0.29) is 12.3 Å². The molecular formula is C20H23BClN7O2. The smallest absolute Gasteiger partial charge is 0.276 e. The number of aliphatic hydroxyl groups excluding tert-OH is 1. The zero-order chi connectivity index (χ0) is 22.0. The summed E-state index contributed by atoms with van der Waals surface area (Å²) in [5.74, 6) is 0.947. The van der Waals surface area contributed by atoms with Crippen molar-refractivity contribution in [1.82, 2.24) is 24.6 Å². The Bertz CT molecular complexity index is 1060. The predicted octanol–water partition coefficient (Wildman–Crippen LogP) is 1.12. The Kier molecular flexibility index (Phi) is 6.21. The number of nitrogens with zero attached hydrogens (tertiary/aromatic N) is 6. The van der Waals surface area contributed by atoms with E-state index in [0.717, 1.165) is 25.3 Å². The highest BCUT2D eigenvalue weighted by Crippen LogP contribution is 2.22. The highest BCUT2D eigenvalue weighted by atomic mass is 35.5. The Hall–Kier alpha value is -2.95. The molecule has 3 aromatic heterocycles. The van der Waals surface area contributed by atoms with E-state index in [9.17, 15) is 9.90 Å². The monoisotopic (exact) mass is 439 g/mol. The zero-order valence-corrected chi connectivity index (χ0v) is 18.1. The molecule has 1 aliphatic rings. The van der Waals surface area contributed by atoms with Gasteiger partial charge in [-0.1, -0.05) is 11.6 Å². The average molecular weight is 440 g/mol. The molecule has 9 nitrogen and oxygen atoms in total. The fourth-order valence-corrected chi connectivity index (χ4v) is 3.66. The van der Waals surface area contributed by atoms with Gasteiger partial charge in [-0.05, 0) is 37.7 Å². The second-order valence-electron chi connectivity index (χ2n) is 7.65. The largest absolute Gasteiger partial charge is 0.392 e. The number of pyridine rings is 2. The molecule has 0 aliphatic carbocycles. The van der Waals surface area contributed by atoms with E-state index in [0.29, 0.717) is 28.1 Å². The van der Waals surface area contributed by atoms with E-state index in [1.54, 1.807) is 24.5 Å². The number of amides is 1. The van der Waals surface area contributed by atoms with Gasteiger partial charge in [0, 0.05) is 37.1 Å². The molecule has 1 aliphatic heterocycles. The fraction of sp³-hybridized carbons (Fsp3) is 0.300. The zero-order valence-electron chi connectivity index (χ0n) is 17.4. The van der Waals surface area contributed by atoms with E-state index in [1.165, 1.54) is 10.9 Å². The average Bonchev–Trinajstić information content (AvgIpc) is 3.42. The van der Waals surface area contributed by atoms with Crippen LogP contribution in [0.2, 0.25) is 5.02 Å². The van der Waals surface area contributed by atoms with Crippen LogP contribution >= 0.6 is 11.6 Å². The molecule has 0 radical (unpaired) electrons. The van der Waals surface area contributed by atoms with Gasteiger partial charge in [-0.3, -0.25) is 4.79 Å². The number of aliphatic hydroxyl groups is 1. The Morgan fingerprint density at radius 3 is 2.68 bits per heavy atom. The molecule has 1 atom stereocenters. The molecule has 0 bridgehead atoms. The molecule has 11 heteroatoms. The van der Waals surface area contributed by atoms with Crippen LogP contribution in [0.4, 0.5) is 11.5 Å². The van der Waals surface area contributed by atoms with Gasteiger partial charge >= 0.3 is 0 Å². The molecule has 3 aromatic rings. The van der Waals surface area contributed by atoms with E-state index >= 15 is 0 Å². The van der Waals surface area contributed by atoms with E-state index in [4.69, 9.17) is 11.6 Å². The van der Waals surface area contributed by atoms with Gasteiger partial charge in [0.15, 0.2) is 19.5 Å². The van der Waals surface area contributed by atoms with Crippen LogP contribution < -0.4 is 10.2 Å². The maximum absolute atomic E-state index is 12.8. The number of carbonyl (C=O) groups excluding carboxylic acids is 1. The fourth-order valence-electron chi connectivity index (χ4n) is 3.55. The van der Waals surface area contributed by atoms with Gasteiger partial charge in [-0.2, -0.15) is 5.10 Å². The van der Waals surface area contributed by atoms with Crippen molar-refractivity contribution in [2.75, 3.05) is 30.4 Å². The maximum Gasteiger partial charge on any atom is 0.276 e. The summed E-state index contributed by atoms with van der Waals surface area (Å²) in [6.45, 7) is 1.56. The minimum atomic E-state index is -0.430. The van der Waals surface area contributed by atoms with E-state index in [2.05, 4.69) is 45.1 Å². The molecular weight excluding hydrogens is 417 g/mol. The van der Waals surface area contributed by atoms with Gasteiger partial charge in [0.2, 0.25) is 0 Å². The van der Waals surface area contributed by atoms with E-state index in [1.807, 2.05) is 12.1 Å². The number of carbonyl (C=O) groups is 1. The summed E-state index contributed by atoms with van der Waals surface area (Å²) in [4.78, 5) is 25.9. The summed E-state index contributed by atoms with van der Waals surface area (Å²) < 4.78 is 1.44. The predicted molar refractivity (Wildman–Crippen MR) is 121 cm³/mol. The number of rotatable bonds is 6. The summed E-state index contributed by atoms with van der Waals surface area (Å²) in [6, 6.07) is 7.60. The lowest BCUT2D eigenvalue weighted by Crippen LogP contribution is -2.32. The van der Waals surface area contributed by atoms with Gasteiger partial charge < -0.3 is 20.1 Å². The highest BCUT2D eigenvalue weighted by Gasteiger charge is 2.24. The van der Waals surface area contributed by atoms with Gasteiger partial charge in [-0.25, -0.2) is 14.6 Å². The number of anilines is 2. The lowest BCUT2D eigenvalue weighted by atomic mass is 10.2. The minimum absolute atomic E-state index is 0.122. The number of halogens is 1. The summed E-state index contributed by atoms with van der Waals surface area (Å²) in [7, 11) is 4.18. The quantitative estimate of drug-likeness (QED) is 0.555. The second kappa shape index (κ2) is 9.05. The number of aromatic nitrogens is 4. The Morgan fingerprint density at radius 1 is 1.29 bits per heavy atom. The van der Waals surface area contributed by atoms with Gasteiger partial charge in [-0.15, -0.1) is 0 Å². The molecule has 1 saturated heterocycles. The van der Waals surface area contributed by atoms with Crippen LogP contribution in [0.25, 0.3) is 5.82 Å². The van der Waals surface area contributed by atoms with Crippen LogP contribution in [0.3, 0.4) is 0 Å². The lowest BCUT2D eigenvalue weighted by Gasteiger charge is -2.21. The van der Waals surface area contributed by atoms with Gasteiger partial charge in [0.1, 0.15) is 5.82 Å². The molecule has 0 aromatic carbocycles. The first-order valence-corrected chi connectivity index (χ1v) is 10.3. The normalized spacial score (nSPS) is 16.1. The number of nitrogens with one attached hydrogen (secondary N) is 1.